The maximum atomic E-state index is 5.69. The number of epoxide rings is 2. The van der Waals surface area contributed by atoms with Gasteiger partial charge >= 0.3 is 0 Å². The average molecular weight is 293 g/mol. The summed E-state index contributed by atoms with van der Waals surface area (Å²) in [6.07, 6.45) is 0.852. The summed E-state index contributed by atoms with van der Waals surface area (Å²) in [6.45, 7) is 6.16. The van der Waals surface area contributed by atoms with Gasteiger partial charge < -0.3 is 23.8 Å². The van der Waals surface area contributed by atoms with Gasteiger partial charge in [-0.15, -0.1) is 0 Å². The van der Waals surface area contributed by atoms with Crippen LogP contribution in [0.25, 0.3) is 0 Å². The van der Waals surface area contributed by atoms with Crippen LogP contribution in [0.3, 0.4) is 0 Å². The number of rotatable bonds is 9. The molecule has 0 N–H and O–H groups in total. The molecule has 0 radical (unpaired) electrons. The summed E-state index contributed by atoms with van der Waals surface area (Å²) < 4.78 is 21.5. The van der Waals surface area contributed by atoms with Crippen LogP contribution in [0, 0.1) is 0 Å². The van der Waals surface area contributed by atoms with Crippen molar-refractivity contribution >= 4 is 5.69 Å². The molecule has 2 aliphatic heterocycles. The molecule has 0 bridgehead atoms. The number of benzene rings is 1. The first-order valence-electron chi connectivity index (χ1n) is 7.48. The van der Waals surface area contributed by atoms with Gasteiger partial charge in [-0.25, -0.2) is 0 Å². The van der Waals surface area contributed by atoms with Crippen LogP contribution in [0.1, 0.15) is 6.92 Å². The van der Waals surface area contributed by atoms with Gasteiger partial charge in [0.05, 0.1) is 31.5 Å². The van der Waals surface area contributed by atoms with Gasteiger partial charge in [0, 0.05) is 25.9 Å². The molecule has 5 nitrogen and oxygen atoms in total. The van der Waals surface area contributed by atoms with Crippen molar-refractivity contribution in [2.45, 2.75) is 25.2 Å². The van der Waals surface area contributed by atoms with Gasteiger partial charge in [-0.05, 0) is 31.2 Å². The lowest BCUT2D eigenvalue weighted by Gasteiger charge is -2.23. The third-order valence-corrected chi connectivity index (χ3v) is 3.74. The van der Waals surface area contributed by atoms with E-state index in [0.717, 1.165) is 32.1 Å². The monoisotopic (exact) mass is 293 g/mol. The molecule has 116 valence electrons. The summed E-state index contributed by atoms with van der Waals surface area (Å²) in [5.41, 5.74) is 1.19. The first-order valence-corrected chi connectivity index (χ1v) is 7.48. The van der Waals surface area contributed by atoms with Crippen LogP contribution in [-0.2, 0) is 14.2 Å². The van der Waals surface area contributed by atoms with Gasteiger partial charge in [-0.1, -0.05) is 0 Å². The Hall–Kier alpha value is -1.30. The number of ether oxygens (including phenoxy) is 4. The molecule has 0 aliphatic carbocycles. The molecule has 0 aromatic heterocycles. The van der Waals surface area contributed by atoms with Crippen LogP contribution in [0.2, 0.25) is 0 Å². The molecule has 3 atom stereocenters. The molecule has 5 heteroatoms. The molecule has 0 saturated carbocycles. The summed E-state index contributed by atoms with van der Waals surface area (Å²) in [4.78, 5) is 2.33. The van der Waals surface area contributed by atoms with E-state index in [0.29, 0.717) is 18.8 Å². The minimum atomic E-state index is 0.0974. The molecule has 0 amide bonds. The van der Waals surface area contributed by atoms with Crippen LogP contribution in [-0.4, -0.2) is 58.3 Å². The fraction of sp³-hybridized carbons (Fsp3) is 0.625. The molecule has 2 saturated heterocycles. The molecule has 2 unspecified atom stereocenters. The average Bonchev–Trinajstić information content (AvgIpc) is 3.40. The maximum Gasteiger partial charge on any atom is 0.119 e. The number of methoxy groups -OCH3 is 1. The molecule has 21 heavy (non-hydrogen) atoms. The van der Waals surface area contributed by atoms with Crippen molar-refractivity contribution in [2.75, 3.05) is 44.9 Å². The van der Waals surface area contributed by atoms with Gasteiger partial charge in [-0.2, -0.15) is 0 Å². The van der Waals surface area contributed by atoms with Crippen molar-refractivity contribution in [3.8, 4) is 5.75 Å². The molecule has 3 rings (SSSR count). The van der Waals surface area contributed by atoms with Crippen LogP contribution < -0.4 is 9.64 Å². The Morgan fingerprint density at radius 2 is 1.71 bits per heavy atom. The van der Waals surface area contributed by atoms with E-state index in [9.17, 15) is 0 Å². The van der Waals surface area contributed by atoms with Crippen molar-refractivity contribution in [3.05, 3.63) is 24.3 Å². The fourth-order valence-electron chi connectivity index (χ4n) is 2.16. The standard InChI is InChI=1S/C16H23NO4/c1-12(18-2)9-19-14-5-3-13(4-6-14)17(7-15-10-20-15)8-16-11-21-16/h3-6,12,15-16H,7-11H2,1-2H3/t12?,15-,16?/m1/s1. The lowest BCUT2D eigenvalue weighted by atomic mass is 10.2. The first-order chi connectivity index (χ1) is 10.2. The minimum absolute atomic E-state index is 0.0974. The lowest BCUT2D eigenvalue weighted by Crippen LogP contribution is -2.31. The highest BCUT2D eigenvalue weighted by Crippen LogP contribution is 2.24. The SMILES string of the molecule is COC(C)COc1ccc(N(CC2CO2)C[C@@H]2CO2)cc1. The van der Waals surface area contributed by atoms with Gasteiger partial charge in [0.25, 0.3) is 0 Å². The van der Waals surface area contributed by atoms with Gasteiger partial charge in [-0.3, -0.25) is 0 Å². The second kappa shape index (κ2) is 6.64. The maximum absolute atomic E-state index is 5.69. The number of hydrogen-bond donors (Lipinski definition) is 0. The molecule has 2 aliphatic rings. The van der Waals surface area contributed by atoms with Crippen molar-refractivity contribution in [1.29, 1.82) is 0 Å². The second-order valence-corrected chi connectivity index (χ2v) is 5.67. The third kappa shape index (κ3) is 4.59. The zero-order chi connectivity index (χ0) is 14.7. The molecule has 0 spiro atoms. The molecule has 1 aromatic rings. The van der Waals surface area contributed by atoms with Gasteiger partial charge in [0.1, 0.15) is 12.4 Å². The van der Waals surface area contributed by atoms with E-state index in [4.69, 9.17) is 18.9 Å². The Kier molecular flexibility index (Phi) is 4.63. The van der Waals surface area contributed by atoms with Gasteiger partial charge in [0.15, 0.2) is 0 Å². The zero-order valence-corrected chi connectivity index (χ0v) is 12.7. The van der Waals surface area contributed by atoms with Crippen molar-refractivity contribution in [2.24, 2.45) is 0 Å². The third-order valence-electron chi connectivity index (χ3n) is 3.74. The predicted octanol–water partition coefficient (Wildman–Crippen LogP) is 1.70. The molecule has 2 fully saturated rings. The highest BCUT2D eigenvalue weighted by molar-refractivity contribution is 5.49. The minimum Gasteiger partial charge on any atom is -0.491 e. The van der Waals surface area contributed by atoms with Gasteiger partial charge in [0.2, 0.25) is 0 Å². The van der Waals surface area contributed by atoms with Crippen molar-refractivity contribution < 1.29 is 18.9 Å². The number of anilines is 1. The smallest absolute Gasteiger partial charge is 0.119 e. The van der Waals surface area contributed by atoms with Crippen molar-refractivity contribution in [1.82, 2.24) is 0 Å². The fourth-order valence-corrected chi connectivity index (χ4v) is 2.16. The molecular weight excluding hydrogens is 270 g/mol. The van der Waals surface area contributed by atoms with Crippen LogP contribution >= 0.6 is 0 Å². The largest absolute Gasteiger partial charge is 0.491 e. The Balaban J connectivity index is 1.57. The van der Waals surface area contributed by atoms with E-state index in [1.54, 1.807) is 7.11 Å². The zero-order valence-electron chi connectivity index (χ0n) is 12.7. The second-order valence-electron chi connectivity index (χ2n) is 5.67. The van der Waals surface area contributed by atoms with E-state index in [1.807, 2.05) is 19.1 Å². The predicted molar refractivity (Wildman–Crippen MR) is 80.1 cm³/mol. The first kappa shape index (κ1) is 14.6. The quantitative estimate of drug-likeness (QED) is 0.649. The summed E-state index contributed by atoms with van der Waals surface area (Å²) in [7, 11) is 1.69. The highest BCUT2D eigenvalue weighted by atomic mass is 16.6. The van der Waals surface area contributed by atoms with E-state index in [1.165, 1.54) is 5.69 Å². The summed E-state index contributed by atoms with van der Waals surface area (Å²) in [5, 5.41) is 0. The highest BCUT2D eigenvalue weighted by Gasteiger charge is 2.30. The van der Waals surface area contributed by atoms with Crippen LogP contribution in [0.15, 0.2) is 24.3 Å². The number of nitrogens with zero attached hydrogens (tertiary/aromatic N) is 1. The Morgan fingerprint density at radius 3 is 2.19 bits per heavy atom. The number of hydrogen-bond acceptors (Lipinski definition) is 5. The van der Waals surface area contributed by atoms with E-state index in [-0.39, 0.29) is 6.10 Å². The molecular formula is C16H23NO4. The van der Waals surface area contributed by atoms with E-state index < -0.39 is 0 Å². The summed E-state index contributed by atoms with van der Waals surface area (Å²) >= 11 is 0. The molecule has 1 aromatic carbocycles. The van der Waals surface area contributed by atoms with Crippen LogP contribution in [0.4, 0.5) is 5.69 Å². The van der Waals surface area contributed by atoms with Crippen LogP contribution in [0.5, 0.6) is 5.75 Å². The Labute approximate surface area is 125 Å². The van der Waals surface area contributed by atoms with Crippen molar-refractivity contribution in [3.63, 3.8) is 0 Å². The summed E-state index contributed by atoms with van der Waals surface area (Å²) in [5.74, 6) is 0.868. The normalized spacial score (nSPS) is 24.5. The Bertz CT molecular complexity index is 428. The lowest BCUT2D eigenvalue weighted by molar-refractivity contribution is 0.0717. The molecule has 2 heterocycles. The summed E-state index contributed by atoms with van der Waals surface area (Å²) in [6, 6.07) is 8.20. The Morgan fingerprint density at radius 1 is 1.14 bits per heavy atom. The van der Waals surface area contributed by atoms with E-state index >= 15 is 0 Å². The van der Waals surface area contributed by atoms with E-state index in [2.05, 4.69) is 17.0 Å². The topological polar surface area (TPSA) is 46.8 Å².